The molecule has 24 heavy (non-hydrogen) atoms. The van der Waals surface area contributed by atoms with Gasteiger partial charge in [0.15, 0.2) is 0 Å². The molecule has 0 spiro atoms. The summed E-state index contributed by atoms with van der Waals surface area (Å²) in [5.41, 5.74) is 6.14. The van der Waals surface area contributed by atoms with E-state index >= 15 is 0 Å². The van der Waals surface area contributed by atoms with Crippen LogP contribution in [0.3, 0.4) is 0 Å². The lowest BCUT2D eigenvalue weighted by Crippen LogP contribution is -2.39. The molecule has 2 amide bonds. The number of carbonyl (C=O) groups is 2. The molecule has 0 aliphatic carbocycles. The Balaban J connectivity index is 1.64. The molecule has 1 saturated heterocycles. The second-order valence-corrected chi connectivity index (χ2v) is 7.16. The normalized spacial score (nSPS) is 15.5. The number of rotatable bonds is 4. The van der Waals surface area contributed by atoms with E-state index in [1.54, 1.807) is 12.1 Å². The molecular formula is C18H19FN2O2S. The largest absolute Gasteiger partial charge is 0.370 e. The summed E-state index contributed by atoms with van der Waals surface area (Å²) in [4.78, 5) is 27.1. The first kappa shape index (κ1) is 16.6. The molecule has 0 bridgehead atoms. The van der Waals surface area contributed by atoms with Gasteiger partial charge in [0.1, 0.15) is 5.82 Å². The molecule has 1 aliphatic rings. The van der Waals surface area contributed by atoms with Crippen LogP contribution in [0.5, 0.6) is 0 Å². The second kappa shape index (κ2) is 7.13. The van der Waals surface area contributed by atoms with E-state index in [2.05, 4.69) is 0 Å². The van der Waals surface area contributed by atoms with Crippen LogP contribution in [0, 0.1) is 11.7 Å². The Labute approximate surface area is 144 Å². The minimum absolute atomic E-state index is 0.0193. The first-order valence-corrected chi connectivity index (χ1v) is 8.78. The number of nitrogens with zero attached hydrogens (tertiary/aromatic N) is 1. The molecule has 6 heteroatoms. The van der Waals surface area contributed by atoms with Gasteiger partial charge >= 0.3 is 0 Å². The van der Waals surface area contributed by atoms with Crippen LogP contribution >= 0.6 is 11.3 Å². The monoisotopic (exact) mass is 346 g/mol. The summed E-state index contributed by atoms with van der Waals surface area (Å²) in [7, 11) is 0. The van der Waals surface area contributed by atoms with Crippen LogP contribution in [-0.4, -0.2) is 29.8 Å². The Morgan fingerprint density at radius 1 is 1.12 bits per heavy atom. The van der Waals surface area contributed by atoms with Gasteiger partial charge in [0.05, 0.1) is 4.88 Å². The first-order chi connectivity index (χ1) is 11.5. The van der Waals surface area contributed by atoms with Crippen molar-refractivity contribution in [2.45, 2.75) is 19.3 Å². The number of piperidine rings is 1. The van der Waals surface area contributed by atoms with Crippen LogP contribution in [0.25, 0.3) is 10.4 Å². The lowest BCUT2D eigenvalue weighted by molar-refractivity contribution is -0.119. The van der Waals surface area contributed by atoms with Crippen molar-refractivity contribution >= 4 is 23.2 Å². The molecule has 126 valence electrons. The van der Waals surface area contributed by atoms with Gasteiger partial charge < -0.3 is 10.6 Å². The molecule has 0 unspecified atom stereocenters. The van der Waals surface area contributed by atoms with Crippen LogP contribution in [0.15, 0.2) is 36.4 Å². The highest BCUT2D eigenvalue weighted by atomic mass is 32.1. The van der Waals surface area contributed by atoms with Crippen molar-refractivity contribution in [3.05, 3.63) is 47.1 Å². The predicted molar refractivity (Wildman–Crippen MR) is 92.2 cm³/mol. The maximum Gasteiger partial charge on any atom is 0.263 e. The summed E-state index contributed by atoms with van der Waals surface area (Å²) < 4.78 is 13.0. The first-order valence-electron chi connectivity index (χ1n) is 7.96. The molecule has 2 N–H and O–H groups in total. The van der Waals surface area contributed by atoms with Crippen molar-refractivity contribution in [3.63, 3.8) is 0 Å². The highest BCUT2D eigenvalue weighted by Crippen LogP contribution is 2.30. The van der Waals surface area contributed by atoms with Crippen LogP contribution < -0.4 is 5.73 Å². The lowest BCUT2D eigenvalue weighted by Gasteiger charge is -2.31. The van der Waals surface area contributed by atoms with Crippen LogP contribution in [0.1, 0.15) is 28.9 Å². The predicted octanol–water partition coefficient (Wildman–Crippen LogP) is 3.28. The zero-order valence-electron chi connectivity index (χ0n) is 13.2. The molecule has 2 aromatic rings. The fraction of sp³-hybridized carbons (Fsp3) is 0.333. The molecule has 0 saturated carbocycles. The van der Waals surface area contributed by atoms with Gasteiger partial charge in [0.25, 0.3) is 5.91 Å². The Bertz CT molecular complexity index is 734. The van der Waals surface area contributed by atoms with E-state index < -0.39 is 0 Å². The zero-order chi connectivity index (χ0) is 17.1. The summed E-state index contributed by atoms with van der Waals surface area (Å²) in [5.74, 6) is -0.247. The lowest BCUT2D eigenvalue weighted by atomic mass is 9.93. The van der Waals surface area contributed by atoms with Gasteiger partial charge in [-0.1, -0.05) is 12.1 Å². The van der Waals surface area contributed by atoms with Crippen LogP contribution in [0.4, 0.5) is 4.39 Å². The van der Waals surface area contributed by atoms with E-state index in [9.17, 15) is 14.0 Å². The fourth-order valence-corrected chi connectivity index (χ4v) is 3.98. The van der Waals surface area contributed by atoms with E-state index in [1.807, 2.05) is 17.0 Å². The summed E-state index contributed by atoms with van der Waals surface area (Å²) in [6, 6.07) is 9.97. The molecule has 0 radical (unpaired) electrons. The van der Waals surface area contributed by atoms with Gasteiger partial charge in [0, 0.05) is 24.4 Å². The van der Waals surface area contributed by atoms with Gasteiger partial charge in [-0.3, -0.25) is 9.59 Å². The number of thiophene rings is 1. The molecule has 4 nitrogen and oxygen atoms in total. The van der Waals surface area contributed by atoms with E-state index in [-0.39, 0.29) is 23.5 Å². The quantitative estimate of drug-likeness (QED) is 0.923. The molecular weight excluding hydrogens is 327 g/mol. The smallest absolute Gasteiger partial charge is 0.263 e. The summed E-state index contributed by atoms with van der Waals surface area (Å²) in [6.07, 6.45) is 2.02. The maximum atomic E-state index is 13.0. The highest BCUT2D eigenvalue weighted by molar-refractivity contribution is 7.17. The summed E-state index contributed by atoms with van der Waals surface area (Å²) in [6.45, 7) is 1.31. The molecule has 2 heterocycles. The minimum Gasteiger partial charge on any atom is -0.370 e. The van der Waals surface area contributed by atoms with Gasteiger partial charge in [-0.15, -0.1) is 11.3 Å². The second-order valence-electron chi connectivity index (χ2n) is 6.08. The number of halogens is 1. The van der Waals surface area contributed by atoms with Crippen molar-refractivity contribution in [3.8, 4) is 10.4 Å². The summed E-state index contributed by atoms with van der Waals surface area (Å²) >= 11 is 1.42. The van der Waals surface area contributed by atoms with Gasteiger partial charge in [-0.05, 0) is 48.6 Å². The van der Waals surface area contributed by atoms with Crippen molar-refractivity contribution < 1.29 is 14.0 Å². The molecule has 0 atom stereocenters. The molecule has 1 aromatic heterocycles. The van der Waals surface area contributed by atoms with Gasteiger partial charge in [-0.25, -0.2) is 4.39 Å². The van der Waals surface area contributed by atoms with Crippen molar-refractivity contribution in [2.75, 3.05) is 13.1 Å². The van der Waals surface area contributed by atoms with Crippen LogP contribution in [-0.2, 0) is 4.79 Å². The fourth-order valence-electron chi connectivity index (χ4n) is 3.00. The highest BCUT2D eigenvalue weighted by Gasteiger charge is 2.25. The van der Waals surface area contributed by atoms with Crippen molar-refractivity contribution in [2.24, 2.45) is 11.7 Å². The maximum absolute atomic E-state index is 13.0. The third-order valence-electron chi connectivity index (χ3n) is 4.34. The summed E-state index contributed by atoms with van der Waals surface area (Å²) in [5, 5.41) is 0. The Morgan fingerprint density at radius 3 is 2.42 bits per heavy atom. The number of primary amides is 1. The number of hydrogen-bond acceptors (Lipinski definition) is 3. The third-order valence-corrected chi connectivity index (χ3v) is 5.46. The number of carbonyl (C=O) groups excluding carboxylic acids is 2. The topological polar surface area (TPSA) is 63.4 Å². The van der Waals surface area contributed by atoms with E-state index in [0.29, 0.717) is 24.4 Å². The molecule has 1 aliphatic heterocycles. The molecule has 3 rings (SSSR count). The Hall–Kier alpha value is -2.21. The van der Waals surface area contributed by atoms with Gasteiger partial charge in [-0.2, -0.15) is 0 Å². The number of benzene rings is 1. The number of amides is 2. The Kier molecular flexibility index (Phi) is 4.94. The van der Waals surface area contributed by atoms with Crippen molar-refractivity contribution in [1.82, 2.24) is 4.90 Å². The van der Waals surface area contributed by atoms with E-state index in [0.717, 1.165) is 23.3 Å². The minimum atomic E-state index is -0.276. The zero-order valence-corrected chi connectivity index (χ0v) is 14.0. The number of likely N-dealkylation sites (tertiary alicyclic amines) is 1. The third kappa shape index (κ3) is 3.82. The average molecular weight is 346 g/mol. The SMILES string of the molecule is NC(=O)CC1CCN(C(=O)c2ccc(-c3ccc(F)cc3)s2)CC1. The standard InChI is InChI=1S/C18H19FN2O2S/c19-14-3-1-13(2-4-14)15-5-6-16(24-15)18(23)21-9-7-12(8-10-21)11-17(20)22/h1-6,12H,7-11H2,(H2,20,22). The number of hydrogen-bond donors (Lipinski definition) is 1. The Morgan fingerprint density at radius 2 is 1.79 bits per heavy atom. The van der Waals surface area contributed by atoms with E-state index in [1.165, 1.54) is 23.5 Å². The molecule has 1 aromatic carbocycles. The van der Waals surface area contributed by atoms with E-state index in [4.69, 9.17) is 5.73 Å². The average Bonchev–Trinajstić information content (AvgIpc) is 3.05. The van der Waals surface area contributed by atoms with Gasteiger partial charge in [0.2, 0.25) is 5.91 Å². The number of nitrogens with two attached hydrogens (primary N) is 1. The van der Waals surface area contributed by atoms with Crippen LogP contribution in [0.2, 0.25) is 0 Å². The van der Waals surface area contributed by atoms with Crippen molar-refractivity contribution in [1.29, 1.82) is 0 Å². The molecule has 1 fully saturated rings.